The SMILES string of the molecule is CC(C)(C)OC(=O)C1=CN(CCCNc2ccc([N+](=O)[O-])c(N)n2)CC1c1ccc(Cl)cc1Cl. The zero-order valence-electron chi connectivity index (χ0n) is 19.2. The average molecular weight is 508 g/mol. The van der Waals surface area contributed by atoms with Crippen LogP contribution in [0.5, 0.6) is 0 Å². The van der Waals surface area contributed by atoms with Crippen LogP contribution in [0.1, 0.15) is 38.7 Å². The van der Waals surface area contributed by atoms with E-state index in [1.807, 2.05) is 37.9 Å². The van der Waals surface area contributed by atoms with Gasteiger partial charge in [0.05, 0.1) is 10.5 Å². The molecule has 1 aliphatic rings. The molecular weight excluding hydrogens is 481 g/mol. The molecule has 2 aromatic rings. The first-order chi connectivity index (χ1) is 15.9. The fourth-order valence-electron chi connectivity index (χ4n) is 3.63. The summed E-state index contributed by atoms with van der Waals surface area (Å²) in [7, 11) is 0. The van der Waals surface area contributed by atoms with Crippen molar-refractivity contribution in [3.8, 4) is 0 Å². The number of carbonyl (C=O) groups is 1. The second kappa shape index (κ2) is 10.5. The first kappa shape index (κ1) is 25.6. The highest BCUT2D eigenvalue weighted by Crippen LogP contribution is 2.37. The van der Waals surface area contributed by atoms with Gasteiger partial charge in [-0.3, -0.25) is 10.1 Å². The number of hydrogen-bond acceptors (Lipinski definition) is 8. The molecule has 0 radical (unpaired) electrons. The highest BCUT2D eigenvalue weighted by Gasteiger charge is 2.34. The van der Waals surface area contributed by atoms with Crippen molar-refractivity contribution in [1.82, 2.24) is 9.88 Å². The van der Waals surface area contributed by atoms with E-state index in [2.05, 4.69) is 10.3 Å². The van der Waals surface area contributed by atoms with Crippen molar-refractivity contribution < 1.29 is 14.5 Å². The Morgan fingerprint density at radius 3 is 2.68 bits per heavy atom. The van der Waals surface area contributed by atoms with Gasteiger partial charge >= 0.3 is 11.7 Å². The standard InChI is InChI=1S/C23H27Cl2N5O4/c1-23(2,3)34-22(31)17-13-29(12-16(17)15-6-5-14(24)11-18(15)25)10-4-9-27-20-8-7-19(30(32)33)21(26)28-20/h5-8,11,13,16H,4,9-10,12H2,1-3H3,(H3,26,27,28). The number of hydrogen-bond donors (Lipinski definition) is 2. The van der Waals surface area contributed by atoms with Crippen molar-refractivity contribution in [2.45, 2.75) is 38.7 Å². The van der Waals surface area contributed by atoms with Gasteiger partial charge in [0.25, 0.3) is 0 Å². The Labute approximate surface area is 208 Å². The topological polar surface area (TPSA) is 124 Å². The zero-order chi connectivity index (χ0) is 25.0. The molecule has 3 rings (SSSR count). The van der Waals surface area contributed by atoms with Crippen LogP contribution in [0.15, 0.2) is 42.1 Å². The van der Waals surface area contributed by atoms with Gasteiger partial charge in [0.2, 0.25) is 5.82 Å². The summed E-state index contributed by atoms with van der Waals surface area (Å²) >= 11 is 12.5. The van der Waals surface area contributed by atoms with Gasteiger partial charge in [-0.05, 0) is 51.0 Å². The highest BCUT2D eigenvalue weighted by molar-refractivity contribution is 6.35. The van der Waals surface area contributed by atoms with E-state index < -0.39 is 10.5 Å². The maximum Gasteiger partial charge on any atom is 0.336 e. The van der Waals surface area contributed by atoms with Crippen LogP contribution >= 0.6 is 23.2 Å². The quantitative estimate of drug-likeness (QED) is 0.221. The molecule has 3 N–H and O–H groups in total. The fraction of sp³-hybridized carbons (Fsp3) is 0.391. The predicted octanol–water partition coefficient (Wildman–Crippen LogP) is 5.01. The first-order valence-electron chi connectivity index (χ1n) is 10.7. The summed E-state index contributed by atoms with van der Waals surface area (Å²) in [6.45, 7) is 7.26. The largest absolute Gasteiger partial charge is 0.457 e. The Balaban J connectivity index is 1.66. The van der Waals surface area contributed by atoms with Gasteiger partial charge in [-0.25, -0.2) is 9.78 Å². The molecule has 34 heavy (non-hydrogen) atoms. The summed E-state index contributed by atoms with van der Waals surface area (Å²) in [5.74, 6) is -0.305. The van der Waals surface area contributed by atoms with Crippen LogP contribution in [0, 0.1) is 10.1 Å². The monoisotopic (exact) mass is 507 g/mol. The molecule has 0 bridgehead atoms. The normalized spacial score (nSPS) is 15.7. The second-order valence-electron chi connectivity index (χ2n) is 8.94. The lowest BCUT2D eigenvalue weighted by Gasteiger charge is -2.22. The minimum Gasteiger partial charge on any atom is -0.457 e. The Morgan fingerprint density at radius 2 is 2.06 bits per heavy atom. The van der Waals surface area contributed by atoms with E-state index in [9.17, 15) is 14.9 Å². The fourth-order valence-corrected chi connectivity index (χ4v) is 4.17. The summed E-state index contributed by atoms with van der Waals surface area (Å²) in [4.78, 5) is 29.3. The zero-order valence-corrected chi connectivity index (χ0v) is 20.7. The molecule has 0 aliphatic carbocycles. The number of nitrogens with one attached hydrogen (secondary N) is 1. The first-order valence-corrected chi connectivity index (χ1v) is 11.5. The van der Waals surface area contributed by atoms with E-state index in [-0.39, 0.29) is 23.4 Å². The number of aromatic nitrogens is 1. The molecule has 0 saturated heterocycles. The number of nitro groups is 1. The number of pyridine rings is 1. The number of benzene rings is 1. The van der Waals surface area contributed by atoms with Crippen LogP contribution in [0.25, 0.3) is 0 Å². The van der Waals surface area contributed by atoms with Gasteiger partial charge in [-0.1, -0.05) is 29.3 Å². The Kier molecular flexibility index (Phi) is 7.89. The number of halogens is 2. The highest BCUT2D eigenvalue weighted by atomic mass is 35.5. The molecule has 0 saturated carbocycles. The van der Waals surface area contributed by atoms with E-state index >= 15 is 0 Å². The van der Waals surface area contributed by atoms with Gasteiger partial charge in [-0.2, -0.15) is 0 Å². The minimum absolute atomic E-state index is 0.137. The van der Waals surface area contributed by atoms with Crippen molar-refractivity contribution >= 4 is 46.5 Å². The smallest absolute Gasteiger partial charge is 0.336 e. The Morgan fingerprint density at radius 1 is 1.32 bits per heavy atom. The lowest BCUT2D eigenvalue weighted by Crippen LogP contribution is -2.26. The molecule has 0 spiro atoms. The number of ether oxygens (including phenoxy) is 1. The summed E-state index contributed by atoms with van der Waals surface area (Å²) in [6, 6.07) is 8.10. The molecule has 1 unspecified atom stereocenters. The number of carbonyl (C=O) groups excluding carboxylic acids is 1. The van der Waals surface area contributed by atoms with Crippen molar-refractivity contribution in [2.75, 3.05) is 30.7 Å². The molecule has 1 aromatic heterocycles. The summed E-state index contributed by atoms with van der Waals surface area (Å²) < 4.78 is 5.62. The number of nitrogen functional groups attached to an aromatic ring is 1. The Bertz CT molecular complexity index is 1120. The molecule has 0 amide bonds. The van der Waals surface area contributed by atoms with Crippen LogP contribution in [-0.2, 0) is 9.53 Å². The summed E-state index contributed by atoms with van der Waals surface area (Å²) in [6.07, 6.45) is 2.55. The molecule has 9 nitrogen and oxygen atoms in total. The third-order valence-corrected chi connectivity index (χ3v) is 5.68. The second-order valence-corrected chi connectivity index (χ2v) is 9.78. The molecule has 11 heteroatoms. The van der Waals surface area contributed by atoms with Gasteiger partial charge in [-0.15, -0.1) is 0 Å². The third kappa shape index (κ3) is 6.51. The molecule has 2 heterocycles. The van der Waals surface area contributed by atoms with E-state index in [1.54, 1.807) is 12.1 Å². The average Bonchev–Trinajstić information content (AvgIpc) is 3.14. The molecule has 1 aromatic carbocycles. The number of anilines is 2. The lowest BCUT2D eigenvalue weighted by atomic mass is 9.93. The minimum atomic E-state index is -0.622. The van der Waals surface area contributed by atoms with Crippen LogP contribution in [0.2, 0.25) is 10.0 Å². The third-order valence-electron chi connectivity index (χ3n) is 5.11. The van der Waals surface area contributed by atoms with Crippen molar-refractivity contribution in [2.24, 2.45) is 0 Å². The van der Waals surface area contributed by atoms with E-state index in [4.69, 9.17) is 33.7 Å². The molecule has 1 aliphatic heterocycles. The number of nitrogens with zero attached hydrogens (tertiary/aromatic N) is 3. The van der Waals surface area contributed by atoms with Crippen LogP contribution in [0.4, 0.5) is 17.3 Å². The van der Waals surface area contributed by atoms with Gasteiger partial charge in [0, 0.05) is 47.9 Å². The van der Waals surface area contributed by atoms with E-state index in [0.717, 1.165) is 12.0 Å². The van der Waals surface area contributed by atoms with Crippen LogP contribution < -0.4 is 11.1 Å². The van der Waals surface area contributed by atoms with Crippen molar-refractivity contribution in [1.29, 1.82) is 0 Å². The lowest BCUT2D eigenvalue weighted by molar-refractivity contribution is -0.384. The number of esters is 1. The van der Waals surface area contributed by atoms with Gasteiger partial charge < -0.3 is 20.7 Å². The molecule has 1 atom stereocenters. The summed E-state index contributed by atoms with van der Waals surface area (Å²) in [5.41, 5.74) is 6.14. The maximum absolute atomic E-state index is 12.9. The number of nitrogens with two attached hydrogens (primary N) is 1. The Hall–Kier alpha value is -3.04. The van der Waals surface area contributed by atoms with Gasteiger partial charge in [0.15, 0.2) is 0 Å². The van der Waals surface area contributed by atoms with Gasteiger partial charge in [0.1, 0.15) is 11.4 Å². The summed E-state index contributed by atoms with van der Waals surface area (Å²) in [5, 5.41) is 15.0. The van der Waals surface area contributed by atoms with Crippen molar-refractivity contribution in [3.63, 3.8) is 0 Å². The predicted molar refractivity (Wildman–Crippen MR) is 133 cm³/mol. The van der Waals surface area contributed by atoms with E-state index in [0.29, 0.717) is 41.1 Å². The van der Waals surface area contributed by atoms with Crippen LogP contribution in [-0.4, -0.2) is 46.0 Å². The number of rotatable bonds is 8. The van der Waals surface area contributed by atoms with Crippen molar-refractivity contribution in [3.05, 3.63) is 67.8 Å². The molecule has 0 fully saturated rings. The maximum atomic E-state index is 12.9. The van der Waals surface area contributed by atoms with Crippen LogP contribution in [0.3, 0.4) is 0 Å². The molecule has 182 valence electrons. The van der Waals surface area contributed by atoms with E-state index in [1.165, 1.54) is 12.1 Å². The molecular formula is C23H27Cl2N5O4.